The van der Waals surface area contributed by atoms with Gasteiger partial charge in [-0.3, -0.25) is 4.68 Å². The maximum atomic E-state index is 4.40. The normalized spacial score (nSPS) is 13.3. The van der Waals surface area contributed by atoms with E-state index in [-0.39, 0.29) is 0 Å². The van der Waals surface area contributed by atoms with Crippen LogP contribution in [-0.4, -0.2) is 16.8 Å². The lowest BCUT2D eigenvalue weighted by Crippen LogP contribution is -2.27. The van der Waals surface area contributed by atoms with E-state index in [0.717, 1.165) is 13.0 Å². The summed E-state index contributed by atoms with van der Waals surface area (Å²) in [6.07, 6.45) is 5.46. The molecule has 0 radical (unpaired) electrons. The molecule has 1 aromatic rings. The third kappa shape index (κ3) is 2.85. The first kappa shape index (κ1) is 13.2. The Bertz CT molecular complexity index is 289. The monoisotopic (exact) mass is 223 g/mol. The molecule has 0 aliphatic rings. The molecule has 16 heavy (non-hydrogen) atoms. The van der Waals surface area contributed by atoms with E-state index < -0.39 is 0 Å². The minimum absolute atomic E-state index is 0.434. The van der Waals surface area contributed by atoms with Crippen LogP contribution in [0.25, 0.3) is 0 Å². The lowest BCUT2D eigenvalue weighted by Gasteiger charge is -2.25. The quantitative estimate of drug-likeness (QED) is 0.770. The highest BCUT2D eigenvalue weighted by Crippen LogP contribution is 2.26. The molecule has 0 aromatic carbocycles. The van der Waals surface area contributed by atoms with Crippen molar-refractivity contribution in [1.82, 2.24) is 15.1 Å². The molecule has 1 atom stereocenters. The molecule has 1 aromatic heterocycles. The van der Waals surface area contributed by atoms with E-state index in [1.54, 1.807) is 0 Å². The molecule has 0 saturated heterocycles. The van der Waals surface area contributed by atoms with E-state index in [2.05, 4.69) is 41.9 Å². The van der Waals surface area contributed by atoms with Crippen molar-refractivity contribution in [3.63, 3.8) is 0 Å². The Morgan fingerprint density at radius 2 is 2.00 bits per heavy atom. The molecule has 0 amide bonds. The number of nitrogens with zero attached hydrogens (tertiary/aromatic N) is 2. The van der Waals surface area contributed by atoms with Crippen molar-refractivity contribution in [2.75, 3.05) is 7.05 Å². The molecular weight excluding hydrogens is 198 g/mol. The fourth-order valence-corrected chi connectivity index (χ4v) is 2.39. The van der Waals surface area contributed by atoms with Crippen LogP contribution in [0.4, 0.5) is 0 Å². The van der Waals surface area contributed by atoms with Gasteiger partial charge in [-0.25, -0.2) is 0 Å². The summed E-state index contributed by atoms with van der Waals surface area (Å²) in [5.41, 5.74) is 1.33. The molecule has 3 heteroatoms. The van der Waals surface area contributed by atoms with Crippen LogP contribution in [0, 0.1) is 5.92 Å². The third-order valence-corrected chi connectivity index (χ3v) is 3.33. The SMILES string of the molecule is CCCn1nccc1C(NC)C(CC)CC. The average Bonchev–Trinajstić information content (AvgIpc) is 2.74. The van der Waals surface area contributed by atoms with Crippen LogP contribution in [0.2, 0.25) is 0 Å². The van der Waals surface area contributed by atoms with Crippen LogP contribution in [0.1, 0.15) is 51.8 Å². The lowest BCUT2D eigenvalue weighted by atomic mass is 9.92. The standard InChI is InChI=1S/C13H25N3/c1-5-10-16-12(8-9-15-16)13(14-4)11(6-2)7-3/h8-9,11,13-14H,5-7,10H2,1-4H3. The summed E-state index contributed by atoms with van der Waals surface area (Å²) in [4.78, 5) is 0. The summed E-state index contributed by atoms with van der Waals surface area (Å²) in [5, 5.41) is 7.85. The first-order valence-corrected chi connectivity index (χ1v) is 6.47. The van der Waals surface area contributed by atoms with Gasteiger partial charge in [-0.05, 0) is 25.5 Å². The molecule has 0 aliphatic heterocycles. The van der Waals surface area contributed by atoms with Crippen LogP contribution >= 0.6 is 0 Å². The first-order valence-electron chi connectivity index (χ1n) is 6.47. The Kier molecular flexibility index (Phi) is 5.53. The summed E-state index contributed by atoms with van der Waals surface area (Å²) < 4.78 is 2.14. The van der Waals surface area contributed by atoms with Crippen molar-refractivity contribution in [2.45, 2.75) is 52.6 Å². The Morgan fingerprint density at radius 1 is 1.31 bits per heavy atom. The van der Waals surface area contributed by atoms with Gasteiger partial charge in [-0.15, -0.1) is 0 Å². The Balaban J connectivity index is 2.88. The van der Waals surface area contributed by atoms with Crippen LogP contribution in [0.15, 0.2) is 12.3 Å². The Hall–Kier alpha value is -0.830. The zero-order chi connectivity index (χ0) is 12.0. The van der Waals surface area contributed by atoms with Crippen LogP contribution in [-0.2, 0) is 6.54 Å². The first-order chi connectivity index (χ1) is 7.78. The molecule has 0 saturated carbocycles. The van der Waals surface area contributed by atoms with E-state index in [4.69, 9.17) is 0 Å². The van der Waals surface area contributed by atoms with Gasteiger partial charge in [0, 0.05) is 12.7 Å². The second-order valence-electron chi connectivity index (χ2n) is 4.32. The van der Waals surface area contributed by atoms with Gasteiger partial charge in [0.1, 0.15) is 0 Å². The molecule has 1 unspecified atom stereocenters. The van der Waals surface area contributed by atoms with E-state index in [1.165, 1.54) is 18.5 Å². The minimum Gasteiger partial charge on any atom is -0.311 e. The highest BCUT2D eigenvalue weighted by atomic mass is 15.3. The van der Waals surface area contributed by atoms with Crippen molar-refractivity contribution in [3.8, 4) is 0 Å². The molecule has 1 heterocycles. The minimum atomic E-state index is 0.434. The topological polar surface area (TPSA) is 29.9 Å². The van der Waals surface area contributed by atoms with E-state index in [9.17, 15) is 0 Å². The number of aromatic nitrogens is 2. The summed E-state index contributed by atoms with van der Waals surface area (Å²) in [7, 11) is 2.05. The van der Waals surface area contributed by atoms with Crippen LogP contribution in [0.3, 0.4) is 0 Å². The molecule has 0 aliphatic carbocycles. The smallest absolute Gasteiger partial charge is 0.0556 e. The molecule has 92 valence electrons. The second-order valence-corrected chi connectivity index (χ2v) is 4.32. The van der Waals surface area contributed by atoms with E-state index in [0.29, 0.717) is 12.0 Å². The zero-order valence-electron chi connectivity index (χ0n) is 11.0. The number of hydrogen-bond acceptors (Lipinski definition) is 2. The fraction of sp³-hybridized carbons (Fsp3) is 0.769. The number of hydrogen-bond donors (Lipinski definition) is 1. The predicted molar refractivity (Wildman–Crippen MR) is 68.4 cm³/mol. The highest BCUT2D eigenvalue weighted by Gasteiger charge is 2.21. The zero-order valence-corrected chi connectivity index (χ0v) is 11.0. The molecule has 0 fully saturated rings. The summed E-state index contributed by atoms with van der Waals surface area (Å²) in [5.74, 6) is 0.692. The van der Waals surface area contributed by atoms with Gasteiger partial charge < -0.3 is 5.32 Å². The lowest BCUT2D eigenvalue weighted by molar-refractivity contribution is 0.338. The fourth-order valence-electron chi connectivity index (χ4n) is 2.39. The van der Waals surface area contributed by atoms with Crippen molar-refractivity contribution in [2.24, 2.45) is 5.92 Å². The highest BCUT2D eigenvalue weighted by molar-refractivity contribution is 5.08. The van der Waals surface area contributed by atoms with E-state index in [1.807, 2.05) is 13.2 Å². The largest absolute Gasteiger partial charge is 0.311 e. The molecule has 1 rings (SSSR count). The van der Waals surface area contributed by atoms with Gasteiger partial charge in [0.15, 0.2) is 0 Å². The van der Waals surface area contributed by atoms with Crippen molar-refractivity contribution >= 4 is 0 Å². The Morgan fingerprint density at radius 3 is 2.50 bits per heavy atom. The number of rotatable bonds is 7. The summed E-state index contributed by atoms with van der Waals surface area (Å²) in [6, 6.07) is 2.58. The van der Waals surface area contributed by atoms with Gasteiger partial charge in [0.05, 0.1) is 11.7 Å². The predicted octanol–water partition coefficient (Wildman–Crippen LogP) is 2.99. The number of aryl methyl sites for hydroxylation is 1. The van der Waals surface area contributed by atoms with Crippen LogP contribution < -0.4 is 5.32 Å². The van der Waals surface area contributed by atoms with Gasteiger partial charge >= 0.3 is 0 Å². The van der Waals surface area contributed by atoms with Gasteiger partial charge in [-0.2, -0.15) is 5.10 Å². The molecule has 1 N–H and O–H groups in total. The van der Waals surface area contributed by atoms with Crippen molar-refractivity contribution < 1.29 is 0 Å². The van der Waals surface area contributed by atoms with Gasteiger partial charge in [0.2, 0.25) is 0 Å². The maximum Gasteiger partial charge on any atom is 0.0556 e. The average molecular weight is 223 g/mol. The van der Waals surface area contributed by atoms with Crippen molar-refractivity contribution in [3.05, 3.63) is 18.0 Å². The summed E-state index contributed by atoms with van der Waals surface area (Å²) in [6.45, 7) is 7.73. The van der Waals surface area contributed by atoms with E-state index >= 15 is 0 Å². The molecule has 0 bridgehead atoms. The third-order valence-electron chi connectivity index (χ3n) is 3.33. The Labute approximate surface area is 99.2 Å². The van der Waals surface area contributed by atoms with Gasteiger partial charge in [-0.1, -0.05) is 33.6 Å². The second kappa shape index (κ2) is 6.69. The molecule has 0 spiro atoms. The molecule has 3 nitrogen and oxygen atoms in total. The number of nitrogens with one attached hydrogen (secondary N) is 1. The van der Waals surface area contributed by atoms with Gasteiger partial charge in [0.25, 0.3) is 0 Å². The summed E-state index contributed by atoms with van der Waals surface area (Å²) >= 11 is 0. The van der Waals surface area contributed by atoms with Crippen LogP contribution in [0.5, 0.6) is 0 Å². The maximum absolute atomic E-state index is 4.40. The van der Waals surface area contributed by atoms with Crippen molar-refractivity contribution in [1.29, 1.82) is 0 Å². The molecular formula is C13H25N3.